The number of amides is 1. The molecule has 1 N–H and O–H groups in total. The van der Waals surface area contributed by atoms with E-state index in [9.17, 15) is 9.59 Å². The first-order chi connectivity index (χ1) is 17.0. The van der Waals surface area contributed by atoms with Crippen molar-refractivity contribution in [3.8, 4) is 28.0 Å². The lowest BCUT2D eigenvalue weighted by molar-refractivity contribution is -0.122. The number of nitrogens with one attached hydrogen (secondary N) is 1. The molecule has 1 aromatic heterocycles. The predicted molar refractivity (Wildman–Crippen MR) is 141 cm³/mol. The molecule has 1 heterocycles. The number of methoxy groups -OCH3 is 1. The summed E-state index contributed by atoms with van der Waals surface area (Å²) in [6.07, 6.45) is 0.166. The van der Waals surface area contributed by atoms with Gasteiger partial charge in [-0.1, -0.05) is 73.7 Å². The van der Waals surface area contributed by atoms with Gasteiger partial charge in [0.15, 0.2) is 6.10 Å². The van der Waals surface area contributed by atoms with E-state index in [-0.39, 0.29) is 5.91 Å². The van der Waals surface area contributed by atoms with E-state index in [1.807, 2.05) is 84.2 Å². The SMILES string of the molecule is CCc1ccc(-c2csc(NC(=O)C(C)Oc3ccc(-c4ccccc4)cc3)c2C(=O)OC)cc1. The molecule has 0 fully saturated rings. The minimum atomic E-state index is -0.766. The molecule has 4 rings (SSSR count). The molecule has 1 unspecified atom stereocenters. The summed E-state index contributed by atoms with van der Waals surface area (Å²) < 4.78 is 10.9. The van der Waals surface area contributed by atoms with E-state index in [1.54, 1.807) is 6.92 Å². The number of carbonyl (C=O) groups is 2. The number of carbonyl (C=O) groups excluding carboxylic acids is 2. The van der Waals surface area contributed by atoms with Crippen molar-refractivity contribution >= 4 is 28.2 Å². The summed E-state index contributed by atoms with van der Waals surface area (Å²) in [7, 11) is 1.33. The number of hydrogen-bond donors (Lipinski definition) is 1. The van der Waals surface area contributed by atoms with Crippen LogP contribution in [0, 0.1) is 0 Å². The van der Waals surface area contributed by atoms with Crippen LogP contribution in [-0.4, -0.2) is 25.1 Å². The molecule has 0 aliphatic carbocycles. The first-order valence-corrected chi connectivity index (χ1v) is 12.3. The van der Waals surface area contributed by atoms with Crippen LogP contribution in [0.4, 0.5) is 5.00 Å². The number of anilines is 1. The van der Waals surface area contributed by atoms with Gasteiger partial charge in [-0.25, -0.2) is 4.79 Å². The van der Waals surface area contributed by atoms with Gasteiger partial charge in [-0.05, 0) is 47.7 Å². The minimum Gasteiger partial charge on any atom is -0.481 e. The second-order valence-electron chi connectivity index (χ2n) is 8.04. The Hall–Kier alpha value is -3.90. The number of thiophene rings is 1. The maximum Gasteiger partial charge on any atom is 0.341 e. The summed E-state index contributed by atoms with van der Waals surface area (Å²) in [5.41, 5.74) is 5.34. The van der Waals surface area contributed by atoms with Crippen molar-refractivity contribution < 1.29 is 19.1 Å². The highest BCUT2D eigenvalue weighted by Crippen LogP contribution is 2.36. The molecule has 0 aliphatic heterocycles. The lowest BCUT2D eigenvalue weighted by Gasteiger charge is -2.15. The van der Waals surface area contributed by atoms with Gasteiger partial charge in [0.25, 0.3) is 5.91 Å². The molecule has 3 aromatic carbocycles. The Labute approximate surface area is 209 Å². The Kier molecular flexibility index (Phi) is 7.63. The van der Waals surface area contributed by atoms with Crippen molar-refractivity contribution in [2.24, 2.45) is 0 Å². The Morgan fingerprint density at radius 3 is 2.14 bits per heavy atom. The van der Waals surface area contributed by atoms with Crippen LogP contribution in [0.15, 0.2) is 84.2 Å². The number of aryl methyl sites for hydroxylation is 1. The zero-order valence-electron chi connectivity index (χ0n) is 19.9. The average Bonchev–Trinajstić information content (AvgIpc) is 3.32. The quantitative estimate of drug-likeness (QED) is 0.278. The van der Waals surface area contributed by atoms with Crippen LogP contribution >= 0.6 is 11.3 Å². The first-order valence-electron chi connectivity index (χ1n) is 11.4. The van der Waals surface area contributed by atoms with E-state index in [0.717, 1.165) is 28.7 Å². The maximum absolute atomic E-state index is 12.9. The van der Waals surface area contributed by atoms with Crippen LogP contribution in [0.25, 0.3) is 22.3 Å². The summed E-state index contributed by atoms with van der Waals surface area (Å²) in [5, 5.41) is 5.14. The fourth-order valence-corrected chi connectivity index (χ4v) is 4.68. The second kappa shape index (κ2) is 11.0. The number of ether oxygens (including phenoxy) is 2. The van der Waals surface area contributed by atoms with Crippen molar-refractivity contribution in [1.29, 1.82) is 0 Å². The van der Waals surface area contributed by atoms with Gasteiger partial charge >= 0.3 is 5.97 Å². The zero-order chi connectivity index (χ0) is 24.8. The van der Waals surface area contributed by atoms with Crippen LogP contribution in [0.2, 0.25) is 0 Å². The fourth-order valence-electron chi connectivity index (χ4n) is 3.71. The number of esters is 1. The molecule has 5 nitrogen and oxygen atoms in total. The number of hydrogen-bond acceptors (Lipinski definition) is 5. The van der Waals surface area contributed by atoms with Gasteiger partial charge in [0.05, 0.1) is 7.11 Å². The van der Waals surface area contributed by atoms with Crippen LogP contribution in [0.1, 0.15) is 29.8 Å². The van der Waals surface area contributed by atoms with E-state index < -0.39 is 12.1 Å². The van der Waals surface area contributed by atoms with E-state index in [2.05, 4.69) is 12.2 Å². The molecule has 1 atom stereocenters. The molecule has 0 bridgehead atoms. The Balaban J connectivity index is 1.48. The summed E-state index contributed by atoms with van der Waals surface area (Å²) in [5.74, 6) is -0.262. The predicted octanol–water partition coefficient (Wildman–Crippen LogP) is 6.84. The van der Waals surface area contributed by atoms with Crippen LogP contribution in [0.5, 0.6) is 5.75 Å². The molecular weight excluding hydrogens is 458 g/mol. The molecule has 1 amide bonds. The van der Waals surface area contributed by atoms with Crippen molar-refractivity contribution in [1.82, 2.24) is 0 Å². The number of rotatable bonds is 8. The van der Waals surface area contributed by atoms with E-state index >= 15 is 0 Å². The van der Waals surface area contributed by atoms with Crippen LogP contribution in [0.3, 0.4) is 0 Å². The molecule has 0 saturated carbocycles. The molecular formula is C29H27NO4S. The Morgan fingerprint density at radius 1 is 0.886 bits per heavy atom. The molecule has 178 valence electrons. The summed E-state index contributed by atoms with van der Waals surface area (Å²) in [4.78, 5) is 25.5. The highest BCUT2D eigenvalue weighted by atomic mass is 32.1. The van der Waals surface area contributed by atoms with Gasteiger partial charge in [0.2, 0.25) is 0 Å². The third kappa shape index (κ3) is 5.61. The molecule has 4 aromatic rings. The van der Waals surface area contributed by atoms with Gasteiger partial charge in [-0.3, -0.25) is 4.79 Å². The highest BCUT2D eigenvalue weighted by Gasteiger charge is 2.24. The average molecular weight is 486 g/mol. The second-order valence-corrected chi connectivity index (χ2v) is 8.91. The van der Waals surface area contributed by atoms with Gasteiger partial charge in [0.1, 0.15) is 16.3 Å². The standard InChI is InChI=1S/C29H27NO4S/c1-4-20-10-12-23(13-11-20)25-18-35-28(26(25)29(32)33-3)30-27(31)19(2)34-24-16-14-22(15-17-24)21-8-6-5-7-9-21/h5-19H,4H2,1-3H3,(H,30,31). The van der Waals surface area contributed by atoms with E-state index in [4.69, 9.17) is 9.47 Å². The van der Waals surface area contributed by atoms with Crippen LogP contribution < -0.4 is 10.1 Å². The van der Waals surface area contributed by atoms with Gasteiger partial charge in [-0.15, -0.1) is 11.3 Å². The summed E-state index contributed by atoms with van der Waals surface area (Å²) in [6, 6.07) is 25.7. The Morgan fingerprint density at radius 2 is 1.51 bits per heavy atom. The van der Waals surface area contributed by atoms with E-state index in [1.165, 1.54) is 24.0 Å². The lowest BCUT2D eigenvalue weighted by Crippen LogP contribution is -2.30. The van der Waals surface area contributed by atoms with Crippen molar-refractivity contribution in [3.05, 3.63) is 95.4 Å². The highest BCUT2D eigenvalue weighted by molar-refractivity contribution is 7.15. The summed E-state index contributed by atoms with van der Waals surface area (Å²) >= 11 is 1.29. The van der Waals surface area contributed by atoms with Gasteiger partial charge < -0.3 is 14.8 Å². The van der Waals surface area contributed by atoms with Crippen molar-refractivity contribution in [2.75, 3.05) is 12.4 Å². The third-order valence-electron chi connectivity index (χ3n) is 5.73. The molecule has 0 aliphatic rings. The van der Waals surface area contributed by atoms with Crippen molar-refractivity contribution in [2.45, 2.75) is 26.4 Å². The van der Waals surface area contributed by atoms with Crippen LogP contribution in [-0.2, 0) is 16.0 Å². The third-order valence-corrected chi connectivity index (χ3v) is 6.63. The largest absolute Gasteiger partial charge is 0.481 e. The molecule has 0 spiro atoms. The van der Waals surface area contributed by atoms with Gasteiger partial charge in [0, 0.05) is 10.9 Å². The minimum absolute atomic E-state index is 0.342. The molecule has 35 heavy (non-hydrogen) atoms. The fraction of sp³-hybridized carbons (Fsp3) is 0.172. The Bertz CT molecular complexity index is 1300. The van der Waals surface area contributed by atoms with Gasteiger partial charge in [-0.2, -0.15) is 0 Å². The molecule has 6 heteroatoms. The monoisotopic (exact) mass is 485 g/mol. The first kappa shape index (κ1) is 24.2. The normalized spacial score (nSPS) is 11.5. The molecule has 0 radical (unpaired) electrons. The van der Waals surface area contributed by atoms with E-state index in [0.29, 0.717) is 16.3 Å². The number of benzene rings is 3. The topological polar surface area (TPSA) is 64.6 Å². The summed E-state index contributed by atoms with van der Waals surface area (Å²) in [6.45, 7) is 3.77. The lowest BCUT2D eigenvalue weighted by atomic mass is 10.0. The van der Waals surface area contributed by atoms with Crippen molar-refractivity contribution in [3.63, 3.8) is 0 Å². The molecule has 0 saturated heterocycles. The zero-order valence-corrected chi connectivity index (χ0v) is 20.7. The maximum atomic E-state index is 12.9. The smallest absolute Gasteiger partial charge is 0.341 e.